The zero-order valence-corrected chi connectivity index (χ0v) is 16.2. The van der Waals surface area contributed by atoms with Crippen LogP contribution in [-0.2, 0) is 0 Å². The van der Waals surface area contributed by atoms with Gasteiger partial charge in [0, 0.05) is 22.8 Å². The topological polar surface area (TPSA) is 46.9 Å². The molecule has 1 fully saturated rings. The van der Waals surface area contributed by atoms with Crippen LogP contribution in [0.25, 0.3) is 11.1 Å². The number of nitrogens with one attached hydrogen (secondary N) is 1. The van der Waals surface area contributed by atoms with Crippen LogP contribution in [0.1, 0.15) is 58.1 Å². The lowest BCUT2D eigenvalue weighted by Gasteiger charge is -2.47. The van der Waals surface area contributed by atoms with Crippen molar-refractivity contribution in [1.82, 2.24) is 14.9 Å². The normalized spacial score (nSPS) is 19.8. The van der Waals surface area contributed by atoms with Crippen molar-refractivity contribution in [1.29, 1.82) is 0 Å². The summed E-state index contributed by atoms with van der Waals surface area (Å²) in [6.07, 6.45) is 2.02. The molecule has 2 heterocycles. The van der Waals surface area contributed by atoms with Crippen molar-refractivity contribution in [2.45, 2.75) is 71.5 Å². The first-order valence-corrected chi connectivity index (χ1v) is 9.04. The van der Waals surface area contributed by atoms with E-state index in [0.717, 1.165) is 35.5 Å². The predicted molar refractivity (Wildman–Crippen MR) is 103 cm³/mol. The van der Waals surface area contributed by atoms with E-state index in [2.05, 4.69) is 49.5 Å². The van der Waals surface area contributed by atoms with Gasteiger partial charge in [-0.2, -0.15) is 4.98 Å². The summed E-state index contributed by atoms with van der Waals surface area (Å²) in [6, 6.07) is 10.2. The Kier molecular flexibility index (Phi) is 4.36. The van der Waals surface area contributed by atoms with Gasteiger partial charge < -0.3 is 9.88 Å². The summed E-state index contributed by atoms with van der Waals surface area (Å²) >= 11 is 0. The molecule has 1 aromatic heterocycles. The van der Waals surface area contributed by atoms with E-state index in [1.165, 1.54) is 0 Å². The molecule has 0 saturated carbocycles. The van der Waals surface area contributed by atoms with Gasteiger partial charge in [-0.15, -0.1) is 0 Å². The van der Waals surface area contributed by atoms with Crippen LogP contribution in [0.2, 0.25) is 0 Å². The third kappa shape index (κ3) is 3.54. The van der Waals surface area contributed by atoms with E-state index in [9.17, 15) is 4.79 Å². The summed E-state index contributed by atoms with van der Waals surface area (Å²) in [7, 11) is 0. The highest BCUT2D eigenvalue weighted by Gasteiger charge is 2.39. The van der Waals surface area contributed by atoms with Crippen LogP contribution in [0.4, 0.5) is 0 Å². The SMILES string of the molecule is Cc1nc(=O)c(-c2ccccc2)c(C)n1C1CC(C)(C)NC(C)(C)C1. The molecule has 134 valence electrons. The van der Waals surface area contributed by atoms with Crippen molar-refractivity contribution < 1.29 is 0 Å². The predicted octanol–water partition coefficient (Wildman–Crippen LogP) is 4.01. The van der Waals surface area contributed by atoms with Crippen LogP contribution < -0.4 is 10.9 Å². The van der Waals surface area contributed by atoms with E-state index >= 15 is 0 Å². The van der Waals surface area contributed by atoms with E-state index in [-0.39, 0.29) is 16.6 Å². The lowest BCUT2D eigenvalue weighted by Crippen LogP contribution is -2.58. The van der Waals surface area contributed by atoms with E-state index in [1.807, 2.05) is 37.3 Å². The number of benzene rings is 1. The highest BCUT2D eigenvalue weighted by molar-refractivity contribution is 5.64. The summed E-state index contributed by atoms with van der Waals surface area (Å²) < 4.78 is 2.29. The number of nitrogens with zero attached hydrogens (tertiary/aromatic N) is 2. The Labute approximate surface area is 150 Å². The van der Waals surface area contributed by atoms with Crippen molar-refractivity contribution in [3.63, 3.8) is 0 Å². The van der Waals surface area contributed by atoms with Gasteiger partial charge in [-0.1, -0.05) is 30.3 Å². The molecular formula is C21H29N3O. The second-order valence-electron chi connectivity index (χ2n) is 8.62. The average molecular weight is 339 g/mol. The summed E-state index contributed by atoms with van der Waals surface area (Å²) in [4.78, 5) is 17.0. The molecule has 2 aromatic rings. The molecule has 1 saturated heterocycles. The van der Waals surface area contributed by atoms with Gasteiger partial charge in [-0.3, -0.25) is 4.79 Å². The minimum absolute atomic E-state index is 0.0430. The fourth-order valence-corrected chi connectivity index (χ4v) is 4.70. The Morgan fingerprint density at radius 1 is 1.04 bits per heavy atom. The second kappa shape index (κ2) is 6.10. The van der Waals surface area contributed by atoms with E-state index < -0.39 is 0 Å². The zero-order valence-electron chi connectivity index (χ0n) is 16.2. The van der Waals surface area contributed by atoms with E-state index in [0.29, 0.717) is 6.04 Å². The molecular weight excluding hydrogens is 310 g/mol. The molecule has 0 spiro atoms. The Bertz CT molecular complexity index is 818. The average Bonchev–Trinajstić information content (AvgIpc) is 2.44. The Morgan fingerprint density at radius 3 is 2.16 bits per heavy atom. The second-order valence-corrected chi connectivity index (χ2v) is 8.62. The molecule has 4 nitrogen and oxygen atoms in total. The molecule has 1 N–H and O–H groups in total. The number of aryl methyl sites for hydroxylation is 1. The largest absolute Gasteiger partial charge is 0.330 e. The maximum absolute atomic E-state index is 12.6. The summed E-state index contributed by atoms with van der Waals surface area (Å²) in [6.45, 7) is 13.0. The first-order chi connectivity index (χ1) is 11.6. The molecule has 1 aromatic carbocycles. The van der Waals surface area contributed by atoms with Crippen LogP contribution in [0.5, 0.6) is 0 Å². The third-order valence-corrected chi connectivity index (χ3v) is 5.15. The fourth-order valence-electron chi connectivity index (χ4n) is 4.70. The summed E-state index contributed by atoms with van der Waals surface area (Å²) in [5, 5.41) is 3.73. The highest BCUT2D eigenvalue weighted by Crippen LogP contribution is 2.37. The number of rotatable bonds is 2. The van der Waals surface area contributed by atoms with Gasteiger partial charge in [-0.25, -0.2) is 0 Å². The quantitative estimate of drug-likeness (QED) is 0.899. The van der Waals surface area contributed by atoms with Crippen molar-refractivity contribution in [2.75, 3.05) is 0 Å². The van der Waals surface area contributed by atoms with Crippen LogP contribution >= 0.6 is 0 Å². The van der Waals surface area contributed by atoms with Gasteiger partial charge in [-0.05, 0) is 59.9 Å². The summed E-state index contributed by atoms with van der Waals surface area (Å²) in [5.74, 6) is 0.806. The number of piperidine rings is 1. The molecule has 0 unspecified atom stereocenters. The van der Waals surface area contributed by atoms with Crippen LogP contribution in [0.15, 0.2) is 35.1 Å². The maximum Gasteiger partial charge on any atom is 0.281 e. The highest BCUT2D eigenvalue weighted by atomic mass is 16.1. The molecule has 0 atom stereocenters. The third-order valence-electron chi connectivity index (χ3n) is 5.15. The van der Waals surface area contributed by atoms with E-state index in [1.54, 1.807) is 0 Å². The van der Waals surface area contributed by atoms with Crippen molar-refractivity contribution in [2.24, 2.45) is 0 Å². The number of hydrogen-bond donors (Lipinski definition) is 1. The molecule has 0 bridgehead atoms. The Morgan fingerprint density at radius 2 is 1.60 bits per heavy atom. The molecule has 1 aliphatic rings. The lowest BCUT2D eigenvalue weighted by atomic mass is 9.79. The minimum atomic E-state index is -0.134. The number of hydrogen-bond acceptors (Lipinski definition) is 3. The van der Waals surface area contributed by atoms with Crippen molar-refractivity contribution >= 4 is 0 Å². The Balaban J connectivity index is 2.16. The molecule has 1 aliphatic heterocycles. The first kappa shape index (κ1) is 17.9. The summed E-state index contributed by atoms with van der Waals surface area (Å²) in [5.41, 5.74) is 2.63. The van der Waals surface area contributed by atoms with Gasteiger partial charge in [0.2, 0.25) is 0 Å². The maximum atomic E-state index is 12.6. The zero-order chi connectivity index (χ0) is 18.4. The van der Waals surface area contributed by atoms with Gasteiger partial charge >= 0.3 is 0 Å². The Hall–Kier alpha value is -1.94. The van der Waals surface area contributed by atoms with Gasteiger partial charge in [0.15, 0.2) is 0 Å². The standard InChI is InChI=1S/C21H29N3O/c1-14-18(16-10-8-7-9-11-16)19(25)22-15(2)24(14)17-12-20(3,4)23-21(5,6)13-17/h7-11,17,23H,12-13H2,1-6H3. The fraction of sp³-hybridized carbons (Fsp3) is 0.524. The van der Waals surface area contributed by atoms with Crippen molar-refractivity contribution in [3.05, 3.63) is 52.2 Å². The molecule has 0 aliphatic carbocycles. The molecule has 0 amide bonds. The van der Waals surface area contributed by atoms with Crippen LogP contribution in [-0.4, -0.2) is 20.6 Å². The van der Waals surface area contributed by atoms with Gasteiger partial charge in [0.05, 0.1) is 5.56 Å². The molecule has 25 heavy (non-hydrogen) atoms. The van der Waals surface area contributed by atoms with Crippen LogP contribution in [0, 0.1) is 13.8 Å². The van der Waals surface area contributed by atoms with Crippen LogP contribution in [0.3, 0.4) is 0 Å². The monoisotopic (exact) mass is 339 g/mol. The molecule has 3 rings (SSSR count). The van der Waals surface area contributed by atoms with E-state index in [4.69, 9.17) is 0 Å². The van der Waals surface area contributed by atoms with Crippen molar-refractivity contribution in [3.8, 4) is 11.1 Å². The first-order valence-electron chi connectivity index (χ1n) is 9.04. The van der Waals surface area contributed by atoms with Gasteiger partial charge in [0.25, 0.3) is 5.56 Å². The lowest BCUT2D eigenvalue weighted by molar-refractivity contribution is 0.129. The van der Waals surface area contributed by atoms with Gasteiger partial charge in [0.1, 0.15) is 5.82 Å². The molecule has 4 heteroatoms. The minimum Gasteiger partial charge on any atom is -0.330 e. The smallest absolute Gasteiger partial charge is 0.281 e. The molecule has 0 radical (unpaired) electrons. The number of aromatic nitrogens is 2.